The molecule has 0 aliphatic heterocycles. The molecule has 0 aliphatic carbocycles. The zero-order valence-corrected chi connectivity index (χ0v) is 14.0. The van der Waals surface area contributed by atoms with Gasteiger partial charge in [0.05, 0.1) is 16.1 Å². The van der Waals surface area contributed by atoms with E-state index >= 15 is 0 Å². The lowest BCUT2D eigenvalue weighted by atomic mass is 9.93. The quantitative estimate of drug-likeness (QED) is 0.728. The lowest BCUT2D eigenvalue weighted by Crippen LogP contribution is -2.30. The van der Waals surface area contributed by atoms with Gasteiger partial charge >= 0.3 is 0 Å². The van der Waals surface area contributed by atoms with Crippen molar-refractivity contribution in [2.75, 3.05) is 5.32 Å². The van der Waals surface area contributed by atoms with Crippen molar-refractivity contribution in [1.82, 2.24) is 0 Å². The highest BCUT2D eigenvalue weighted by Gasteiger charge is 2.27. The summed E-state index contributed by atoms with van der Waals surface area (Å²) >= 11 is 15.1. The summed E-state index contributed by atoms with van der Waals surface area (Å²) in [6.07, 6.45) is 0. The number of nitrogens with one attached hydrogen (secondary N) is 1. The number of hydrogen-bond acceptors (Lipinski definition) is 2. The van der Waals surface area contributed by atoms with Crippen molar-refractivity contribution < 1.29 is 4.39 Å². The number of nitriles is 1. The van der Waals surface area contributed by atoms with Crippen molar-refractivity contribution in [3.63, 3.8) is 0 Å². The third-order valence-electron chi connectivity index (χ3n) is 3.03. The Morgan fingerprint density at radius 3 is 2.48 bits per heavy atom. The highest BCUT2D eigenvalue weighted by atomic mass is 79.9. The zero-order valence-electron chi connectivity index (χ0n) is 10.9. The Morgan fingerprint density at radius 2 is 1.90 bits per heavy atom. The van der Waals surface area contributed by atoms with E-state index in [4.69, 9.17) is 23.2 Å². The van der Waals surface area contributed by atoms with E-state index in [1.165, 1.54) is 18.2 Å². The zero-order chi connectivity index (χ0) is 15.6. The lowest BCUT2D eigenvalue weighted by molar-refractivity contribution is 0.623. The summed E-state index contributed by atoms with van der Waals surface area (Å²) in [7, 11) is 0. The molecule has 0 aromatic heterocycles. The van der Waals surface area contributed by atoms with Crippen LogP contribution in [-0.4, -0.2) is 0 Å². The van der Waals surface area contributed by atoms with Gasteiger partial charge in [0.1, 0.15) is 11.4 Å². The fourth-order valence-electron chi connectivity index (χ4n) is 1.83. The Kier molecular flexibility index (Phi) is 4.77. The molecule has 1 unspecified atom stereocenters. The van der Waals surface area contributed by atoms with Gasteiger partial charge in [-0.25, -0.2) is 4.39 Å². The maximum absolute atomic E-state index is 13.3. The molecule has 0 saturated heterocycles. The average Bonchev–Trinajstić information content (AvgIpc) is 2.45. The van der Waals surface area contributed by atoms with E-state index in [-0.39, 0.29) is 5.02 Å². The Hall–Kier alpha value is -1.28. The second kappa shape index (κ2) is 6.23. The second-order valence-electron chi connectivity index (χ2n) is 4.62. The largest absolute Gasteiger partial charge is 0.364 e. The van der Waals surface area contributed by atoms with Crippen LogP contribution in [-0.2, 0) is 5.54 Å². The molecule has 2 nitrogen and oxygen atoms in total. The summed E-state index contributed by atoms with van der Waals surface area (Å²) in [5.74, 6) is -0.519. The number of benzene rings is 2. The van der Waals surface area contributed by atoms with Crippen LogP contribution < -0.4 is 5.32 Å². The minimum Gasteiger partial charge on any atom is -0.364 e. The van der Waals surface area contributed by atoms with Crippen molar-refractivity contribution in [3.8, 4) is 6.07 Å². The molecule has 108 valence electrons. The molecule has 0 radical (unpaired) electrons. The molecule has 0 bridgehead atoms. The Morgan fingerprint density at radius 1 is 1.19 bits per heavy atom. The first-order valence-corrected chi connectivity index (χ1v) is 7.50. The summed E-state index contributed by atoms with van der Waals surface area (Å²) in [6.45, 7) is 1.69. The first-order chi connectivity index (χ1) is 9.85. The van der Waals surface area contributed by atoms with E-state index in [9.17, 15) is 9.65 Å². The maximum atomic E-state index is 13.3. The molecule has 2 aromatic rings. The lowest BCUT2D eigenvalue weighted by Gasteiger charge is -2.25. The van der Waals surface area contributed by atoms with Gasteiger partial charge in [-0.05, 0) is 58.7 Å². The highest BCUT2D eigenvalue weighted by Crippen LogP contribution is 2.31. The van der Waals surface area contributed by atoms with E-state index in [0.717, 1.165) is 0 Å². The molecular formula is C15H10BrCl2FN2. The fraction of sp³-hybridized carbons (Fsp3) is 0.133. The van der Waals surface area contributed by atoms with Crippen molar-refractivity contribution in [1.29, 1.82) is 5.26 Å². The van der Waals surface area contributed by atoms with Gasteiger partial charge < -0.3 is 5.32 Å². The predicted octanol–water partition coefficient (Wildman–Crippen LogP) is 5.75. The van der Waals surface area contributed by atoms with Gasteiger partial charge in [-0.15, -0.1) is 0 Å². The molecule has 0 amide bonds. The van der Waals surface area contributed by atoms with Gasteiger partial charge in [-0.3, -0.25) is 0 Å². The van der Waals surface area contributed by atoms with E-state index < -0.39 is 11.4 Å². The van der Waals surface area contributed by atoms with Crippen LogP contribution in [0.2, 0.25) is 10.0 Å². The molecule has 0 spiro atoms. The van der Waals surface area contributed by atoms with Crippen LogP contribution in [0.1, 0.15) is 12.5 Å². The molecule has 0 fully saturated rings. The molecule has 0 heterocycles. The SMILES string of the molecule is CC(C#N)(Nc1ccc(Cl)c(Br)c1)c1ccc(F)c(Cl)c1. The highest BCUT2D eigenvalue weighted by molar-refractivity contribution is 9.10. The van der Waals surface area contributed by atoms with Crippen LogP contribution in [0.25, 0.3) is 0 Å². The number of anilines is 1. The molecule has 21 heavy (non-hydrogen) atoms. The molecule has 1 atom stereocenters. The van der Waals surface area contributed by atoms with Crippen LogP contribution in [0.3, 0.4) is 0 Å². The fourth-order valence-corrected chi connectivity index (χ4v) is 2.51. The van der Waals surface area contributed by atoms with Crippen molar-refractivity contribution in [2.45, 2.75) is 12.5 Å². The first-order valence-electron chi connectivity index (χ1n) is 5.96. The number of rotatable bonds is 3. The van der Waals surface area contributed by atoms with Gasteiger partial charge in [0, 0.05) is 10.2 Å². The number of nitrogens with zero attached hydrogens (tertiary/aromatic N) is 1. The Balaban J connectivity index is 2.39. The Bertz CT molecular complexity index is 730. The summed E-state index contributed by atoms with van der Waals surface area (Å²) < 4.78 is 14.0. The van der Waals surface area contributed by atoms with Gasteiger partial charge in [0.15, 0.2) is 0 Å². The van der Waals surface area contributed by atoms with E-state index in [1.54, 1.807) is 25.1 Å². The van der Waals surface area contributed by atoms with Crippen molar-refractivity contribution in [3.05, 3.63) is 62.3 Å². The van der Waals surface area contributed by atoms with E-state index in [2.05, 4.69) is 27.3 Å². The number of hydrogen-bond donors (Lipinski definition) is 1. The smallest absolute Gasteiger partial charge is 0.148 e. The maximum Gasteiger partial charge on any atom is 0.148 e. The van der Waals surface area contributed by atoms with Crippen LogP contribution in [0.5, 0.6) is 0 Å². The van der Waals surface area contributed by atoms with Crippen LogP contribution >= 0.6 is 39.1 Å². The van der Waals surface area contributed by atoms with E-state index in [1.807, 2.05) is 0 Å². The van der Waals surface area contributed by atoms with E-state index in [0.29, 0.717) is 20.7 Å². The Labute approximate surface area is 140 Å². The van der Waals surface area contributed by atoms with Crippen LogP contribution in [0, 0.1) is 17.1 Å². The predicted molar refractivity (Wildman–Crippen MR) is 87.1 cm³/mol. The summed E-state index contributed by atoms with van der Waals surface area (Å²) in [6, 6.07) is 11.6. The standard InChI is InChI=1S/C15H10BrCl2FN2/c1-15(8-20,9-2-5-14(19)13(18)6-9)21-10-3-4-12(17)11(16)7-10/h2-7,21H,1H3. The first kappa shape index (κ1) is 16.1. The normalized spacial score (nSPS) is 13.3. The van der Waals surface area contributed by atoms with Gasteiger partial charge in [0.25, 0.3) is 0 Å². The molecule has 2 aromatic carbocycles. The molecular weight excluding hydrogens is 378 g/mol. The monoisotopic (exact) mass is 386 g/mol. The average molecular weight is 388 g/mol. The summed E-state index contributed by atoms with van der Waals surface area (Å²) in [5, 5.41) is 13.2. The minimum atomic E-state index is -1.05. The summed E-state index contributed by atoms with van der Waals surface area (Å²) in [5.41, 5.74) is 0.225. The van der Waals surface area contributed by atoms with Crippen LogP contribution in [0.4, 0.5) is 10.1 Å². The molecule has 0 aliphatic rings. The minimum absolute atomic E-state index is 0.0203. The molecule has 6 heteroatoms. The van der Waals surface area contributed by atoms with Crippen molar-refractivity contribution >= 4 is 44.8 Å². The topological polar surface area (TPSA) is 35.8 Å². The van der Waals surface area contributed by atoms with Crippen LogP contribution in [0.15, 0.2) is 40.9 Å². The third-order valence-corrected chi connectivity index (χ3v) is 4.54. The third kappa shape index (κ3) is 3.49. The molecule has 2 rings (SSSR count). The molecule has 0 saturated carbocycles. The summed E-state index contributed by atoms with van der Waals surface area (Å²) in [4.78, 5) is 0. The van der Waals surface area contributed by atoms with Crippen molar-refractivity contribution in [2.24, 2.45) is 0 Å². The van der Waals surface area contributed by atoms with Gasteiger partial charge in [0.2, 0.25) is 0 Å². The second-order valence-corrected chi connectivity index (χ2v) is 6.29. The van der Waals surface area contributed by atoms with Gasteiger partial charge in [-0.2, -0.15) is 5.26 Å². The number of halogens is 4. The molecule has 1 N–H and O–H groups in total. The van der Waals surface area contributed by atoms with Gasteiger partial charge in [-0.1, -0.05) is 29.3 Å².